The van der Waals surface area contributed by atoms with Crippen molar-refractivity contribution < 1.29 is 14.4 Å². The number of fused-ring (bicyclic) bond motifs is 1. The molecule has 3 rings (SSSR count). The Balaban J connectivity index is 1.51. The molecule has 26 heavy (non-hydrogen) atoms. The normalized spacial score (nSPS) is 11.3. The highest BCUT2D eigenvalue weighted by Gasteiger charge is 2.03. The number of carbonyl (C=O) groups is 1. The zero-order valence-corrected chi connectivity index (χ0v) is 14.9. The molecule has 1 aromatic heterocycles. The van der Waals surface area contributed by atoms with E-state index in [0.717, 1.165) is 19.0 Å². The number of halogens is 1. The minimum Gasteiger partial charge on any atom is -0.312 e. The number of hydrogen-bond donors (Lipinski definition) is 3. The number of nitrogens with one attached hydrogen (secondary N) is 2. The van der Waals surface area contributed by atoms with Crippen molar-refractivity contribution in [3.63, 3.8) is 0 Å². The van der Waals surface area contributed by atoms with Crippen LogP contribution in [0.15, 0.2) is 53.9 Å². The summed E-state index contributed by atoms with van der Waals surface area (Å²) in [5, 5.41) is 15.0. The number of rotatable bonds is 7. The first-order valence-corrected chi connectivity index (χ1v) is 9.11. The molecule has 6 heteroatoms. The van der Waals surface area contributed by atoms with Crippen molar-refractivity contribution in [1.82, 2.24) is 10.8 Å². The first-order valence-electron chi connectivity index (χ1n) is 8.23. The molecule has 3 aromatic rings. The van der Waals surface area contributed by atoms with E-state index in [2.05, 4.69) is 35.0 Å². The maximum atomic E-state index is 14.1. The smallest absolute Gasteiger partial charge is 0.267 e. The molecule has 0 spiro atoms. The van der Waals surface area contributed by atoms with Crippen molar-refractivity contribution in [1.29, 1.82) is 0 Å². The molecule has 0 unspecified atom stereocenters. The summed E-state index contributed by atoms with van der Waals surface area (Å²) < 4.78 is 15.4. The third kappa shape index (κ3) is 4.76. The Labute approximate surface area is 154 Å². The first kappa shape index (κ1) is 18.3. The van der Waals surface area contributed by atoms with E-state index in [4.69, 9.17) is 5.21 Å². The van der Waals surface area contributed by atoms with E-state index in [0.29, 0.717) is 17.7 Å². The molecule has 0 fully saturated rings. The van der Waals surface area contributed by atoms with Crippen molar-refractivity contribution in [2.45, 2.75) is 13.0 Å². The van der Waals surface area contributed by atoms with E-state index in [1.165, 1.54) is 33.3 Å². The van der Waals surface area contributed by atoms with Crippen molar-refractivity contribution >= 4 is 33.4 Å². The summed E-state index contributed by atoms with van der Waals surface area (Å²) in [5.74, 6) is -0.986. The van der Waals surface area contributed by atoms with Gasteiger partial charge in [-0.2, -0.15) is 0 Å². The Bertz CT molecular complexity index is 936. The number of carbonyl (C=O) groups excluding carboxylic acids is 1. The lowest BCUT2D eigenvalue weighted by Crippen LogP contribution is -2.17. The minimum absolute atomic E-state index is 0.330. The molecule has 0 aliphatic heterocycles. The van der Waals surface area contributed by atoms with Gasteiger partial charge in [0.15, 0.2) is 0 Å². The first-order chi connectivity index (χ1) is 12.7. The standard InChI is InChI=1S/C20H19FN2O2S/c21-18-12-14(3-6-20(24)23-25)1-4-17(18)13-22-9-7-15-2-5-19-16(11-15)8-10-26-19/h1-6,8,10-12,22,25H,7,9,13H2,(H,23,24)/b6-3+. The van der Waals surface area contributed by atoms with Crippen LogP contribution in [0.4, 0.5) is 4.39 Å². The summed E-state index contributed by atoms with van der Waals surface area (Å²) >= 11 is 1.73. The largest absolute Gasteiger partial charge is 0.312 e. The second kappa shape index (κ2) is 8.71. The Morgan fingerprint density at radius 1 is 1.19 bits per heavy atom. The lowest BCUT2D eigenvalue weighted by Gasteiger charge is -2.07. The van der Waals surface area contributed by atoms with Gasteiger partial charge in [-0.3, -0.25) is 10.0 Å². The fraction of sp³-hybridized carbons (Fsp3) is 0.150. The van der Waals surface area contributed by atoms with Gasteiger partial charge >= 0.3 is 0 Å². The number of thiophene rings is 1. The predicted octanol–water partition coefficient (Wildman–Crippen LogP) is 3.89. The number of hydroxylamine groups is 1. The van der Waals surface area contributed by atoms with Crippen molar-refractivity contribution in [3.05, 3.63) is 76.4 Å². The highest BCUT2D eigenvalue weighted by molar-refractivity contribution is 7.17. The highest BCUT2D eigenvalue weighted by Crippen LogP contribution is 2.21. The maximum Gasteiger partial charge on any atom is 0.267 e. The monoisotopic (exact) mass is 370 g/mol. The van der Waals surface area contributed by atoms with E-state index in [9.17, 15) is 9.18 Å². The summed E-state index contributed by atoms with van der Waals surface area (Å²) in [6.07, 6.45) is 3.45. The predicted molar refractivity (Wildman–Crippen MR) is 103 cm³/mol. The van der Waals surface area contributed by atoms with Crippen LogP contribution in [-0.4, -0.2) is 17.7 Å². The molecule has 1 heterocycles. The summed E-state index contributed by atoms with van der Waals surface area (Å²) in [7, 11) is 0. The van der Waals surface area contributed by atoms with Crippen LogP contribution in [0.25, 0.3) is 16.2 Å². The van der Waals surface area contributed by atoms with Gasteiger partial charge < -0.3 is 5.32 Å². The molecule has 4 nitrogen and oxygen atoms in total. The molecule has 0 saturated heterocycles. The number of amides is 1. The van der Waals surface area contributed by atoms with E-state index in [1.54, 1.807) is 23.5 Å². The van der Waals surface area contributed by atoms with Crippen LogP contribution in [0.1, 0.15) is 16.7 Å². The van der Waals surface area contributed by atoms with Gasteiger partial charge in [0.1, 0.15) is 5.82 Å². The second-order valence-electron chi connectivity index (χ2n) is 5.88. The lowest BCUT2D eigenvalue weighted by molar-refractivity contribution is -0.124. The van der Waals surface area contributed by atoms with Crippen LogP contribution in [0.2, 0.25) is 0 Å². The lowest BCUT2D eigenvalue weighted by atomic mass is 10.1. The van der Waals surface area contributed by atoms with Crippen LogP contribution >= 0.6 is 11.3 Å². The summed E-state index contributed by atoms with van der Waals surface area (Å²) in [5.41, 5.74) is 3.87. The van der Waals surface area contributed by atoms with Gasteiger partial charge in [-0.15, -0.1) is 11.3 Å². The summed E-state index contributed by atoms with van der Waals surface area (Å²) in [6, 6.07) is 13.4. The molecule has 0 atom stereocenters. The molecule has 3 N–H and O–H groups in total. The van der Waals surface area contributed by atoms with Crippen LogP contribution in [0.5, 0.6) is 0 Å². The molecule has 134 valence electrons. The third-order valence-corrected chi connectivity index (χ3v) is 4.94. The minimum atomic E-state index is -0.656. The average molecular weight is 370 g/mol. The molecule has 2 aromatic carbocycles. The van der Waals surface area contributed by atoms with Gasteiger partial charge in [0, 0.05) is 22.9 Å². The third-order valence-electron chi connectivity index (χ3n) is 4.04. The molecule has 0 radical (unpaired) electrons. The Kier molecular flexibility index (Phi) is 6.12. The topological polar surface area (TPSA) is 61.4 Å². The van der Waals surface area contributed by atoms with Crippen molar-refractivity contribution in [2.75, 3.05) is 6.54 Å². The Morgan fingerprint density at radius 3 is 2.88 bits per heavy atom. The van der Waals surface area contributed by atoms with Crippen LogP contribution in [0.3, 0.4) is 0 Å². The van der Waals surface area contributed by atoms with E-state index >= 15 is 0 Å². The van der Waals surface area contributed by atoms with Gasteiger partial charge in [-0.05, 0) is 59.1 Å². The molecule has 0 saturated carbocycles. The number of benzene rings is 2. The molecular formula is C20H19FN2O2S. The fourth-order valence-electron chi connectivity index (χ4n) is 2.65. The van der Waals surface area contributed by atoms with Gasteiger partial charge in [-0.25, -0.2) is 9.87 Å². The summed E-state index contributed by atoms with van der Waals surface area (Å²) in [6.45, 7) is 1.20. The zero-order valence-electron chi connectivity index (χ0n) is 14.0. The van der Waals surface area contributed by atoms with E-state index in [1.807, 2.05) is 0 Å². The summed E-state index contributed by atoms with van der Waals surface area (Å²) in [4.78, 5) is 10.9. The average Bonchev–Trinajstić information content (AvgIpc) is 3.12. The molecule has 0 aliphatic rings. The number of hydrogen-bond acceptors (Lipinski definition) is 4. The van der Waals surface area contributed by atoms with Gasteiger partial charge in [0.2, 0.25) is 0 Å². The van der Waals surface area contributed by atoms with E-state index in [-0.39, 0.29) is 5.82 Å². The highest BCUT2D eigenvalue weighted by atomic mass is 32.1. The maximum absolute atomic E-state index is 14.1. The van der Waals surface area contributed by atoms with Crippen molar-refractivity contribution in [2.24, 2.45) is 0 Å². The van der Waals surface area contributed by atoms with Crippen molar-refractivity contribution in [3.8, 4) is 0 Å². The van der Waals surface area contributed by atoms with Gasteiger partial charge in [0.05, 0.1) is 0 Å². The molecule has 1 amide bonds. The van der Waals surface area contributed by atoms with Crippen LogP contribution in [-0.2, 0) is 17.8 Å². The van der Waals surface area contributed by atoms with Crippen LogP contribution in [0, 0.1) is 5.82 Å². The zero-order chi connectivity index (χ0) is 18.4. The molecule has 0 aliphatic carbocycles. The van der Waals surface area contributed by atoms with Gasteiger partial charge in [0.25, 0.3) is 5.91 Å². The molecular weight excluding hydrogens is 351 g/mol. The van der Waals surface area contributed by atoms with Crippen LogP contribution < -0.4 is 10.8 Å². The Hall–Kier alpha value is -2.54. The SMILES string of the molecule is O=C(/C=C/c1ccc(CNCCc2ccc3sccc3c2)c(F)c1)NO. The van der Waals surface area contributed by atoms with E-state index < -0.39 is 5.91 Å². The van der Waals surface area contributed by atoms with Gasteiger partial charge in [-0.1, -0.05) is 24.3 Å². The Morgan fingerprint density at radius 2 is 2.08 bits per heavy atom. The fourth-order valence-corrected chi connectivity index (χ4v) is 3.42. The quantitative estimate of drug-likeness (QED) is 0.256. The molecule has 0 bridgehead atoms. The second-order valence-corrected chi connectivity index (χ2v) is 6.83.